The average Bonchev–Trinajstić information content (AvgIpc) is 3.33. The predicted octanol–water partition coefficient (Wildman–Crippen LogP) is 4.59. The van der Waals surface area contributed by atoms with Gasteiger partial charge in [0.2, 0.25) is 0 Å². The molecule has 0 saturated carbocycles. The van der Waals surface area contributed by atoms with E-state index in [0.717, 1.165) is 21.1 Å². The minimum atomic E-state index is -3.77. The number of hydrogen-bond donors (Lipinski definition) is 2. The van der Waals surface area contributed by atoms with Crippen molar-refractivity contribution in [1.29, 1.82) is 0 Å². The number of H-pyrrole nitrogens is 1. The normalized spacial score (nSPS) is 12.4. The maximum atomic E-state index is 12.9. The summed E-state index contributed by atoms with van der Waals surface area (Å²) in [5, 5.41) is 11.2. The SMILES string of the molecule is CC(C)(C)c1ccc(S(=O)(=O)Nc2ccc(Br)c3cc(-c4cn[nH]c4)nn23)cc1. The Morgan fingerprint density at radius 2 is 1.83 bits per heavy atom. The van der Waals surface area contributed by atoms with Crippen molar-refractivity contribution in [2.75, 3.05) is 4.72 Å². The lowest BCUT2D eigenvalue weighted by molar-refractivity contribution is 0.587. The van der Waals surface area contributed by atoms with Crippen LogP contribution in [0, 0.1) is 0 Å². The van der Waals surface area contributed by atoms with Gasteiger partial charge in [-0.05, 0) is 57.2 Å². The fraction of sp³-hybridized carbons (Fsp3) is 0.200. The van der Waals surface area contributed by atoms with E-state index in [0.29, 0.717) is 11.5 Å². The summed E-state index contributed by atoms with van der Waals surface area (Å²) < 4.78 is 30.9. The van der Waals surface area contributed by atoms with Gasteiger partial charge in [-0.15, -0.1) is 0 Å². The summed E-state index contributed by atoms with van der Waals surface area (Å²) in [5.74, 6) is 0.345. The van der Waals surface area contributed by atoms with Gasteiger partial charge in [0.05, 0.1) is 22.3 Å². The highest BCUT2D eigenvalue weighted by atomic mass is 79.9. The summed E-state index contributed by atoms with van der Waals surface area (Å²) in [4.78, 5) is 0.198. The maximum absolute atomic E-state index is 12.9. The number of halogens is 1. The van der Waals surface area contributed by atoms with Crippen LogP contribution >= 0.6 is 15.9 Å². The lowest BCUT2D eigenvalue weighted by Gasteiger charge is -2.19. The van der Waals surface area contributed by atoms with Gasteiger partial charge in [-0.25, -0.2) is 12.9 Å². The molecule has 29 heavy (non-hydrogen) atoms. The third kappa shape index (κ3) is 3.79. The van der Waals surface area contributed by atoms with E-state index < -0.39 is 10.0 Å². The van der Waals surface area contributed by atoms with E-state index in [-0.39, 0.29) is 10.3 Å². The number of anilines is 1. The predicted molar refractivity (Wildman–Crippen MR) is 116 cm³/mol. The van der Waals surface area contributed by atoms with Gasteiger partial charge in [0.15, 0.2) is 0 Å². The third-order valence-corrected chi connectivity index (χ3v) is 6.67. The van der Waals surface area contributed by atoms with E-state index in [2.05, 4.69) is 56.7 Å². The lowest BCUT2D eigenvalue weighted by atomic mass is 9.87. The molecule has 0 aliphatic rings. The van der Waals surface area contributed by atoms with Gasteiger partial charge in [0.1, 0.15) is 5.82 Å². The molecule has 0 bridgehead atoms. The second kappa shape index (κ2) is 7.00. The summed E-state index contributed by atoms with van der Waals surface area (Å²) in [7, 11) is -3.77. The summed E-state index contributed by atoms with van der Waals surface area (Å²) in [6.45, 7) is 6.26. The highest BCUT2D eigenvalue weighted by Crippen LogP contribution is 2.29. The van der Waals surface area contributed by atoms with Gasteiger partial charge in [-0.3, -0.25) is 9.82 Å². The number of rotatable bonds is 4. The molecule has 7 nitrogen and oxygen atoms in total. The molecule has 3 heterocycles. The summed E-state index contributed by atoms with van der Waals surface area (Å²) in [6.07, 6.45) is 3.40. The molecule has 0 saturated heterocycles. The van der Waals surface area contributed by atoms with Crippen molar-refractivity contribution in [1.82, 2.24) is 19.8 Å². The average molecular weight is 474 g/mol. The van der Waals surface area contributed by atoms with E-state index in [1.54, 1.807) is 41.2 Å². The summed E-state index contributed by atoms with van der Waals surface area (Å²) in [5.41, 5.74) is 3.25. The molecule has 0 atom stereocenters. The Morgan fingerprint density at radius 3 is 2.45 bits per heavy atom. The molecule has 4 rings (SSSR count). The van der Waals surface area contributed by atoms with E-state index >= 15 is 0 Å². The quantitative estimate of drug-likeness (QED) is 0.453. The number of aromatic amines is 1. The molecule has 150 valence electrons. The van der Waals surface area contributed by atoms with Gasteiger partial charge in [0.25, 0.3) is 10.0 Å². The van der Waals surface area contributed by atoms with E-state index in [1.807, 2.05) is 18.2 Å². The second-order valence-corrected chi connectivity index (χ2v) is 10.3. The van der Waals surface area contributed by atoms with Gasteiger partial charge in [-0.1, -0.05) is 32.9 Å². The van der Waals surface area contributed by atoms with Crippen molar-refractivity contribution in [3.8, 4) is 11.3 Å². The molecule has 3 aromatic heterocycles. The summed E-state index contributed by atoms with van der Waals surface area (Å²) >= 11 is 3.50. The number of benzene rings is 1. The van der Waals surface area contributed by atoms with Crippen LogP contribution in [0.3, 0.4) is 0 Å². The fourth-order valence-electron chi connectivity index (χ4n) is 2.98. The smallest absolute Gasteiger partial charge is 0.263 e. The number of nitrogens with one attached hydrogen (secondary N) is 2. The Labute approximate surface area is 177 Å². The highest BCUT2D eigenvalue weighted by molar-refractivity contribution is 9.10. The van der Waals surface area contributed by atoms with Crippen LogP contribution in [-0.2, 0) is 15.4 Å². The van der Waals surface area contributed by atoms with Crippen molar-refractivity contribution in [3.05, 3.63) is 64.9 Å². The van der Waals surface area contributed by atoms with Crippen LogP contribution in [0.15, 0.2) is 64.2 Å². The van der Waals surface area contributed by atoms with Crippen LogP contribution in [0.5, 0.6) is 0 Å². The Morgan fingerprint density at radius 1 is 1.10 bits per heavy atom. The molecular weight excluding hydrogens is 454 g/mol. The number of aromatic nitrogens is 4. The second-order valence-electron chi connectivity index (χ2n) is 7.76. The minimum absolute atomic E-state index is 0.0495. The minimum Gasteiger partial charge on any atom is -0.285 e. The summed E-state index contributed by atoms with van der Waals surface area (Å²) in [6, 6.07) is 12.3. The van der Waals surface area contributed by atoms with Gasteiger partial charge in [-0.2, -0.15) is 10.2 Å². The fourth-order valence-corrected chi connectivity index (χ4v) is 4.44. The first-order valence-corrected chi connectivity index (χ1v) is 11.2. The van der Waals surface area contributed by atoms with Gasteiger partial charge < -0.3 is 0 Å². The lowest BCUT2D eigenvalue weighted by Crippen LogP contribution is -2.16. The molecule has 9 heteroatoms. The van der Waals surface area contributed by atoms with Crippen molar-refractivity contribution < 1.29 is 8.42 Å². The molecule has 0 aliphatic heterocycles. The number of pyridine rings is 1. The zero-order chi connectivity index (χ0) is 20.8. The zero-order valence-corrected chi connectivity index (χ0v) is 18.5. The van der Waals surface area contributed by atoms with Crippen molar-refractivity contribution in [2.45, 2.75) is 31.1 Å². The largest absolute Gasteiger partial charge is 0.285 e. The number of fused-ring (bicyclic) bond motifs is 1. The molecular formula is C20H20BrN5O2S. The van der Waals surface area contributed by atoms with E-state index in [9.17, 15) is 8.42 Å². The Bertz CT molecular complexity index is 1270. The Kier molecular flexibility index (Phi) is 4.74. The molecule has 0 spiro atoms. The maximum Gasteiger partial charge on any atom is 0.263 e. The molecule has 4 aromatic rings. The first-order valence-electron chi connectivity index (χ1n) is 8.96. The topological polar surface area (TPSA) is 92.1 Å². The van der Waals surface area contributed by atoms with Crippen LogP contribution in [-0.4, -0.2) is 28.2 Å². The first kappa shape index (κ1) is 19.7. The zero-order valence-electron chi connectivity index (χ0n) is 16.1. The van der Waals surface area contributed by atoms with E-state index in [1.165, 1.54) is 0 Å². The standard InChI is InChI=1S/C20H20BrN5O2S/c1-20(2,3)14-4-6-15(7-5-14)29(27,28)25-19-9-8-16(21)18-10-17(24-26(18)19)13-11-22-23-12-13/h4-12,25H,1-3H3,(H,22,23). The van der Waals surface area contributed by atoms with Crippen LogP contribution in [0.1, 0.15) is 26.3 Å². The first-order chi connectivity index (χ1) is 13.6. The Balaban J connectivity index is 1.72. The number of hydrogen-bond acceptors (Lipinski definition) is 4. The van der Waals surface area contributed by atoms with Crippen molar-refractivity contribution >= 4 is 37.3 Å². The molecule has 2 N–H and O–H groups in total. The number of sulfonamides is 1. The highest BCUT2D eigenvalue weighted by Gasteiger charge is 2.20. The molecule has 0 radical (unpaired) electrons. The van der Waals surface area contributed by atoms with Crippen LogP contribution in [0.4, 0.5) is 5.82 Å². The molecule has 0 fully saturated rings. The van der Waals surface area contributed by atoms with Crippen molar-refractivity contribution in [3.63, 3.8) is 0 Å². The monoisotopic (exact) mass is 473 g/mol. The van der Waals surface area contributed by atoms with Gasteiger partial charge >= 0.3 is 0 Å². The third-order valence-electron chi connectivity index (χ3n) is 4.63. The van der Waals surface area contributed by atoms with Crippen LogP contribution < -0.4 is 4.72 Å². The van der Waals surface area contributed by atoms with Crippen molar-refractivity contribution in [2.24, 2.45) is 0 Å². The Hall–Kier alpha value is -2.65. The van der Waals surface area contributed by atoms with E-state index in [4.69, 9.17) is 0 Å². The van der Waals surface area contributed by atoms with Crippen LogP contribution in [0.2, 0.25) is 0 Å². The van der Waals surface area contributed by atoms with Gasteiger partial charge in [0, 0.05) is 16.2 Å². The number of nitrogens with zero attached hydrogens (tertiary/aromatic N) is 3. The molecule has 0 amide bonds. The molecule has 0 unspecified atom stereocenters. The van der Waals surface area contributed by atoms with Crippen LogP contribution in [0.25, 0.3) is 16.8 Å². The molecule has 1 aromatic carbocycles. The molecule has 0 aliphatic carbocycles.